The van der Waals surface area contributed by atoms with Crippen molar-refractivity contribution in [3.63, 3.8) is 0 Å². The SMILES string of the molecule is COc1c(N2CC[C@@H](CN)C2)c(F)cn2c(=O)n(N)c(=O)c(C3CC3)c12. The molecule has 0 bridgehead atoms. The summed E-state index contributed by atoms with van der Waals surface area (Å²) in [6.45, 7) is 1.78. The number of ether oxygens (including phenoxy) is 1. The molecular weight excluding hydrogens is 341 g/mol. The Hall–Kier alpha value is -2.55. The van der Waals surface area contributed by atoms with Crippen molar-refractivity contribution in [1.29, 1.82) is 0 Å². The Morgan fingerprint density at radius 1 is 1.31 bits per heavy atom. The molecule has 0 unspecified atom stereocenters. The van der Waals surface area contributed by atoms with Crippen LogP contribution in [0.2, 0.25) is 0 Å². The maximum Gasteiger partial charge on any atom is 0.354 e. The molecule has 1 aliphatic carbocycles. The van der Waals surface area contributed by atoms with E-state index in [1.807, 2.05) is 4.90 Å². The van der Waals surface area contributed by atoms with E-state index in [9.17, 15) is 14.0 Å². The van der Waals surface area contributed by atoms with Crippen LogP contribution >= 0.6 is 0 Å². The monoisotopic (exact) mass is 363 g/mol. The van der Waals surface area contributed by atoms with E-state index in [1.54, 1.807) is 0 Å². The second-order valence-electron chi connectivity index (χ2n) is 7.06. The Kier molecular flexibility index (Phi) is 3.91. The maximum atomic E-state index is 15.0. The van der Waals surface area contributed by atoms with Gasteiger partial charge in [0, 0.05) is 13.1 Å². The van der Waals surface area contributed by atoms with Gasteiger partial charge in [-0.2, -0.15) is 4.68 Å². The topological polar surface area (TPSA) is 108 Å². The van der Waals surface area contributed by atoms with Gasteiger partial charge in [-0.25, -0.2) is 9.18 Å². The highest BCUT2D eigenvalue weighted by Gasteiger charge is 2.35. The van der Waals surface area contributed by atoms with Gasteiger partial charge in [-0.05, 0) is 37.6 Å². The number of nitrogens with two attached hydrogens (primary N) is 2. The van der Waals surface area contributed by atoms with Crippen LogP contribution < -0.4 is 32.5 Å². The average Bonchev–Trinajstić information content (AvgIpc) is 3.36. The molecular formula is C17H22FN5O3. The molecule has 9 heteroatoms. The van der Waals surface area contributed by atoms with Crippen molar-refractivity contribution >= 4 is 11.2 Å². The van der Waals surface area contributed by atoms with Crippen LogP contribution in [0.5, 0.6) is 5.75 Å². The molecule has 4 rings (SSSR count). The summed E-state index contributed by atoms with van der Waals surface area (Å²) in [5, 5.41) is 0. The van der Waals surface area contributed by atoms with Crippen molar-refractivity contribution in [2.75, 3.05) is 37.5 Å². The highest BCUT2D eigenvalue weighted by atomic mass is 19.1. The highest BCUT2D eigenvalue weighted by Crippen LogP contribution is 2.45. The lowest BCUT2D eigenvalue weighted by Crippen LogP contribution is -2.44. The fraction of sp³-hybridized carbons (Fsp3) is 0.529. The largest absolute Gasteiger partial charge is 0.492 e. The number of hydrogen-bond acceptors (Lipinski definition) is 6. The molecule has 2 fully saturated rings. The van der Waals surface area contributed by atoms with E-state index in [2.05, 4.69) is 0 Å². The normalized spacial score (nSPS) is 20.1. The Bertz CT molecular complexity index is 995. The van der Waals surface area contributed by atoms with Gasteiger partial charge >= 0.3 is 5.69 Å². The summed E-state index contributed by atoms with van der Waals surface area (Å²) in [6, 6.07) is 0. The lowest BCUT2D eigenvalue weighted by Gasteiger charge is -2.24. The van der Waals surface area contributed by atoms with Gasteiger partial charge < -0.3 is 21.2 Å². The van der Waals surface area contributed by atoms with Gasteiger partial charge in [0.25, 0.3) is 5.56 Å². The van der Waals surface area contributed by atoms with E-state index < -0.39 is 17.1 Å². The molecule has 0 aromatic carbocycles. The predicted molar refractivity (Wildman–Crippen MR) is 95.9 cm³/mol. The third kappa shape index (κ3) is 2.38. The molecule has 3 heterocycles. The Labute approximate surface area is 148 Å². The zero-order valence-electron chi connectivity index (χ0n) is 14.6. The summed E-state index contributed by atoms with van der Waals surface area (Å²) in [5.74, 6) is 5.54. The molecule has 0 radical (unpaired) electrons. The number of aromatic nitrogens is 2. The number of rotatable bonds is 4. The van der Waals surface area contributed by atoms with E-state index in [0.29, 0.717) is 35.4 Å². The average molecular weight is 363 g/mol. The second-order valence-corrected chi connectivity index (χ2v) is 7.06. The molecule has 1 atom stereocenters. The first kappa shape index (κ1) is 16.9. The van der Waals surface area contributed by atoms with Gasteiger partial charge in [0.1, 0.15) is 11.2 Å². The smallest absolute Gasteiger partial charge is 0.354 e. The third-order valence-electron chi connectivity index (χ3n) is 5.38. The second kappa shape index (κ2) is 6.01. The van der Waals surface area contributed by atoms with Gasteiger partial charge in [-0.15, -0.1) is 0 Å². The van der Waals surface area contributed by atoms with Crippen molar-refractivity contribution in [1.82, 2.24) is 9.08 Å². The number of nitrogen functional groups attached to an aromatic ring is 1. The summed E-state index contributed by atoms with van der Waals surface area (Å²) in [5.41, 5.74) is 5.42. The summed E-state index contributed by atoms with van der Waals surface area (Å²) in [6.07, 6.45) is 3.62. The van der Waals surface area contributed by atoms with Crippen LogP contribution in [-0.2, 0) is 0 Å². The van der Waals surface area contributed by atoms with Crippen LogP contribution in [0, 0.1) is 11.7 Å². The van der Waals surface area contributed by atoms with Crippen molar-refractivity contribution < 1.29 is 9.13 Å². The molecule has 4 N–H and O–H groups in total. The third-order valence-corrected chi connectivity index (χ3v) is 5.38. The van der Waals surface area contributed by atoms with Gasteiger partial charge in [0.05, 0.1) is 18.9 Å². The fourth-order valence-electron chi connectivity index (χ4n) is 3.86. The van der Waals surface area contributed by atoms with Gasteiger partial charge in [0.2, 0.25) is 0 Å². The predicted octanol–water partition coefficient (Wildman–Crippen LogP) is -0.0149. The molecule has 1 saturated carbocycles. The van der Waals surface area contributed by atoms with E-state index in [1.165, 1.54) is 7.11 Å². The van der Waals surface area contributed by atoms with Crippen LogP contribution in [0.3, 0.4) is 0 Å². The first-order valence-electron chi connectivity index (χ1n) is 8.75. The maximum absolute atomic E-state index is 15.0. The first-order valence-corrected chi connectivity index (χ1v) is 8.75. The van der Waals surface area contributed by atoms with Crippen molar-refractivity contribution in [2.24, 2.45) is 11.7 Å². The van der Waals surface area contributed by atoms with Crippen LogP contribution in [-0.4, -0.2) is 35.8 Å². The minimum Gasteiger partial charge on any atom is -0.492 e. The Morgan fingerprint density at radius 2 is 2.04 bits per heavy atom. The highest BCUT2D eigenvalue weighted by molar-refractivity contribution is 5.78. The molecule has 2 aromatic heterocycles. The first-order chi connectivity index (χ1) is 12.5. The van der Waals surface area contributed by atoms with Crippen molar-refractivity contribution in [3.05, 3.63) is 38.4 Å². The lowest BCUT2D eigenvalue weighted by atomic mass is 10.1. The van der Waals surface area contributed by atoms with Gasteiger partial charge in [0.15, 0.2) is 11.6 Å². The van der Waals surface area contributed by atoms with Gasteiger partial charge in [-0.3, -0.25) is 9.20 Å². The van der Waals surface area contributed by atoms with E-state index in [0.717, 1.165) is 29.9 Å². The standard InChI is InChI=1S/C17H22FN5O3/c1-26-15-13(21-5-4-9(6-19)7-21)11(18)8-22-14(15)12(10-2-3-10)16(24)23(20)17(22)25/h8-10H,2-7,19-20H2,1H3/t9-/m0/s1. The summed E-state index contributed by atoms with van der Waals surface area (Å²) < 4.78 is 22.1. The number of nitrogens with zero attached hydrogens (tertiary/aromatic N) is 3. The van der Waals surface area contributed by atoms with Gasteiger partial charge in [-0.1, -0.05) is 0 Å². The van der Waals surface area contributed by atoms with E-state index >= 15 is 0 Å². The van der Waals surface area contributed by atoms with E-state index in [4.69, 9.17) is 16.3 Å². The molecule has 140 valence electrons. The van der Waals surface area contributed by atoms with E-state index in [-0.39, 0.29) is 23.3 Å². The van der Waals surface area contributed by atoms with Crippen molar-refractivity contribution in [3.8, 4) is 5.75 Å². The summed E-state index contributed by atoms with van der Waals surface area (Å²) in [4.78, 5) is 26.9. The zero-order valence-corrected chi connectivity index (χ0v) is 14.6. The quantitative estimate of drug-likeness (QED) is 0.740. The number of anilines is 1. The molecule has 1 aliphatic heterocycles. The fourth-order valence-corrected chi connectivity index (χ4v) is 3.86. The molecule has 2 aliphatic rings. The van der Waals surface area contributed by atoms with Crippen LogP contribution in [0.15, 0.2) is 15.8 Å². The van der Waals surface area contributed by atoms with Crippen LogP contribution in [0.4, 0.5) is 10.1 Å². The zero-order chi connectivity index (χ0) is 18.6. The summed E-state index contributed by atoms with van der Waals surface area (Å²) >= 11 is 0. The Balaban J connectivity index is 2.05. The van der Waals surface area contributed by atoms with Crippen LogP contribution in [0.1, 0.15) is 30.7 Å². The lowest BCUT2D eigenvalue weighted by molar-refractivity contribution is 0.412. The minimum atomic E-state index is -0.792. The number of methoxy groups -OCH3 is 1. The molecule has 0 spiro atoms. The summed E-state index contributed by atoms with van der Waals surface area (Å²) in [7, 11) is 1.42. The number of pyridine rings is 1. The number of halogens is 1. The number of hydrogen-bond donors (Lipinski definition) is 2. The molecule has 0 amide bonds. The number of fused-ring (bicyclic) bond motifs is 1. The molecule has 26 heavy (non-hydrogen) atoms. The molecule has 8 nitrogen and oxygen atoms in total. The van der Waals surface area contributed by atoms with Crippen molar-refractivity contribution in [2.45, 2.75) is 25.2 Å². The van der Waals surface area contributed by atoms with Crippen LogP contribution in [0.25, 0.3) is 5.52 Å². The molecule has 1 saturated heterocycles. The molecule has 2 aromatic rings. The minimum absolute atomic E-state index is 0.00970. The Morgan fingerprint density at radius 3 is 2.62 bits per heavy atom.